The van der Waals surface area contributed by atoms with Crippen LogP contribution < -0.4 is 11.3 Å². The minimum Gasteiger partial charge on any atom is -0.308 e. The number of nitrogens with two attached hydrogens (primary N) is 1. The first-order valence-corrected chi connectivity index (χ1v) is 7.80. The number of pyridine rings is 1. The molecule has 1 aromatic heterocycles. The number of hydrazine groups is 1. The molecule has 0 unspecified atom stereocenters. The molecule has 21 heavy (non-hydrogen) atoms. The molecular weight excluding hydrogens is 260 g/mol. The van der Waals surface area contributed by atoms with Crippen LogP contribution in [0.15, 0.2) is 30.3 Å². The molecule has 112 valence electrons. The number of nitrogen functional groups attached to an aromatic ring is 1. The number of aromatic nitrogens is 1. The number of hydrogen-bond donors (Lipinski definition) is 2. The van der Waals surface area contributed by atoms with Gasteiger partial charge in [-0.1, -0.05) is 31.0 Å². The Morgan fingerprint density at radius 3 is 2.81 bits per heavy atom. The minimum absolute atomic E-state index is 0.784. The van der Waals surface area contributed by atoms with E-state index in [1.165, 1.54) is 31.1 Å². The molecule has 1 fully saturated rings. The van der Waals surface area contributed by atoms with Gasteiger partial charge in [-0.2, -0.15) is 0 Å². The van der Waals surface area contributed by atoms with Gasteiger partial charge in [-0.3, -0.25) is 0 Å². The summed E-state index contributed by atoms with van der Waals surface area (Å²) in [6.45, 7) is 2.05. The molecule has 0 aliphatic heterocycles. The average molecular weight is 284 g/mol. The third kappa shape index (κ3) is 3.34. The predicted molar refractivity (Wildman–Crippen MR) is 87.8 cm³/mol. The Morgan fingerprint density at radius 1 is 1.29 bits per heavy atom. The van der Waals surface area contributed by atoms with Gasteiger partial charge in [-0.05, 0) is 37.9 Å². The summed E-state index contributed by atoms with van der Waals surface area (Å²) in [5, 5.41) is 1.17. The quantitative estimate of drug-likeness (QED) is 0.654. The van der Waals surface area contributed by atoms with Crippen molar-refractivity contribution in [1.82, 2.24) is 9.88 Å². The molecule has 1 heterocycles. The van der Waals surface area contributed by atoms with E-state index < -0.39 is 0 Å². The summed E-state index contributed by atoms with van der Waals surface area (Å²) in [5.41, 5.74) is 4.89. The van der Waals surface area contributed by atoms with Crippen molar-refractivity contribution in [2.24, 2.45) is 11.8 Å². The van der Waals surface area contributed by atoms with Gasteiger partial charge in [0.2, 0.25) is 0 Å². The third-order valence-electron chi connectivity index (χ3n) is 4.42. The first-order valence-electron chi connectivity index (χ1n) is 7.80. The number of nitrogens with zero attached hydrogens (tertiary/aromatic N) is 2. The van der Waals surface area contributed by atoms with Crippen molar-refractivity contribution in [3.05, 3.63) is 35.9 Å². The Morgan fingerprint density at radius 2 is 2.05 bits per heavy atom. The van der Waals surface area contributed by atoms with Gasteiger partial charge in [0.1, 0.15) is 5.82 Å². The van der Waals surface area contributed by atoms with Crippen molar-refractivity contribution in [3.8, 4) is 0 Å². The standard InChI is InChI=1S/C17H24N4/c1-21(11-13-6-2-3-7-13)12-15-10-14-8-4-5-9-16(14)19-17(15)20-18/h4-5,8-10,13H,2-3,6-7,11-12,18H2,1H3,(H,19,20). The summed E-state index contributed by atoms with van der Waals surface area (Å²) in [6.07, 6.45) is 5.54. The maximum atomic E-state index is 5.65. The van der Waals surface area contributed by atoms with Gasteiger partial charge in [0.05, 0.1) is 5.52 Å². The van der Waals surface area contributed by atoms with Crippen LogP contribution in [0.3, 0.4) is 0 Å². The molecule has 1 aliphatic carbocycles. The van der Waals surface area contributed by atoms with E-state index in [0.717, 1.165) is 35.9 Å². The topological polar surface area (TPSA) is 54.2 Å². The summed E-state index contributed by atoms with van der Waals surface area (Å²) in [6, 6.07) is 10.4. The Balaban J connectivity index is 1.78. The molecule has 0 amide bonds. The van der Waals surface area contributed by atoms with Crippen LogP contribution in [-0.4, -0.2) is 23.5 Å². The monoisotopic (exact) mass is 284 g/mol. The molecular formula is C17H24N4. The van der Waals surface area contributed by atoms with E-state index in [1.54, 1.807) is 0 Å². The lowest BCUT2D eigenvalue weighted by Gasteiger charge is -2.22. The van der Waals surface area contributed by atoms with Gasteiger partial charge in [-0.15, -0.1) is 0 Å². The largest absolute Gasteiger partial charge is 0.308 e. The highest BCUT2D eigenvalue weighted by Crippen LogP contribution is 2.26. The van der Waals surface area contributed by atoms with Gasteiger partial charge < -0.3 is 10.3 Å². The summed E-state index contributed by atoms with van der Waals surface area (Å²) in [4.78, 5) is 7.01. The number of hydrogen-bond acceptors (Lipinski definition) is 4. The van der Waals surface area contributed by atoms with Gasteiger partial charge in [-0.25, -0.2) is 10.8 Å². The predicted octanol–water partition coefficient (Wildman–Crippen LogP) is 3.14. The Labute approximate surface area is 126 Å². The van der Waals surface area contributed by atoms with Crippen LogP contribution in [0, 0.1) is 5.92 Å². The molecule has 3 rings (SSSR count). The zero-order chi connectivity index (χ0) is 14.7. The van der Waals surface area contributed by atoms with E-state index >= 15 is 0 Å². The number of fused-ring (bicyclic) bond motifs is 1. The molecule has 1 aliphatic rings. The molecule has 0 saturated heterocycles. The fourth-order valence-corrected chi connectivity index (χ4v) is 3.39. The van der Waals surface area contributed by atoms with Crippen molar-refractivity contribution in [2.45, 2.75) is 32.2 Å². The minimum atomic E-state index is 0.784. The summed E-state index contributed by atoms with van der Waals surface area (Å²) >= 11 is 0. The number of nitrogens with one attached hydrogen (secondary N) is 1. The van der Waals surface area contributed by atoms with Gasteiger partial charge in [0.15, 0.2) is 0 Å². The number of anilines is 1. The van der Waals surface area contributed by atoms with Crippen molar-refractivity contribution in [1.29, 1.82) is 0 Å². The molecule has 4 heteroatoms. The van der Waals surface area contributed by atoms with Crippen LogP contribution in [-0.2, 0) is 6.54 Å². The maximum absolute atomic E-state index is 5.65. The first-order chi connectivity index (χ1) is 10.3. The van der Waals surface area contributed by atoms with Crippen LogP contribution in [0.5, 0.6) is 0 Å². The second kappa shape index (κ2) is 6.41. The Hall–Kier alpha value is -1.65. The molecule has 1 aromatic carbocycles. The molecule has 0 radical (unpaired) electrons. The van der Waals surface area contributed by atoms with Crippen LogP contribution >= 0.6 is 0 Å². The summed E-state index contributed by atoms with van der Waals surface area (Å²) < 4.78 is 0. The van der Waals surface area contributed by atoms with E-state index in [-0.39, 0.29) is 0 Å². The van der Waals surface area contributed by atoms with Crippen molar-refractivity contribution >= 4 is 16.7 Å². The van der Waals surface area contributed by atoms with Crippen molar-refractivity contribution < 1.29 is 0 Å². The fraction of sp³-hybridized carbons (Fsp3) is 0.471. The van der Waals surface area contributed by atoms with Gasteiger partial charge >= 0.3 is 0 Å². The van der Waals surface area contributed by atoms with E-state index in [9.17, 15) is 0 Å². The zero-order valence-corrected chi connectivity index (χ0v) is 12.7. The molecule has 0 atom stereocenters. The highest BCUT2D eigenvalue weighted by Gasteiger charge is 2.17. The second-order valence-corrected chi connectivity index (χ2v) is 6.18. The van der Waals surface area contributed by atoms with E-state index in [2.05, 4.69) is 34.5 Å². The summed E-state index contributed by atoms with van der Waals surface area (Å²) in [7, 11) is 2.19. The lowest BCUT2D eigenvalue weighted by atomic mass is 10.1. The fourth-order valence-electron chi connectivity index (χ4n) is 3.39. The smallest absolute Gasteiger partial charge is 0.145 e. The van der Waals surface area contributed by atoms with E-state index in [1.807, 2.05) is 18.2 Å². The van der Waals surface area contributed by atoms with Crippen molar-refractivity contribution in [3.63, 3.8) is 0 Å². The lowest BCUT2D eigenvalue weighted by molar-refractivity contribution is 0.271. The maximum Gasteiger partial charge on any atom is 0.145 e. The number of rotatable bonds is 5. The average Bonchev–Trinajstić information content (AvgIpc) is 2.99. The normalized spacial score (nSPS) is 16.0. The Kier molecular flexibility index (Phi) is 4.36. The van der Waals surface area contributed by atoms with Gasteiger partial charge in [0.25, 0.3) is 0 Å². The Bertz CT molecular complexity index is 605. The molecule has 2 aromatic rings. The molecule has 1 saturated carbocycles. The summed E-state index contributed by atoms with van der Waals surface area (Å²) in [5.74, 6) is 7.29. The van der Waals surface area contributed by atoms with Crippen LogP contribution in [0.2, 0.25) is 0 Å². The lowest BCUT2D eigenvalue weighted by Crippen LogP contribution is -2.25. The number of para-hydroxylation sites is 1. The van der Waals surface area contributed by atoms with Gasteiger partial charge in [0, 0.05) is 24.0 Å². The van der Waals surface area contributed by atoms with Crippen LogP contribution in [0.1, 0.15) is 31.2 Å². The highest BCUT2D eigenvalue weighted by molar-refractivity contribution is 5.81. The first kappa shape index (κ1) is 14.3. The van der Waals surface area contributed by atoms with Crippen LogP contribution in [0.25, 0.3) is 10.9 Å². The SMILES string of the molecule is CN(Cc1cc2ccccc2nc1NN)CC1CCCC1. The second-order valence-electron chi connectivity index (χ2n) is 6.18. The molecule has 0 spiro atoms. The third-order valence-corrected chi connectivity index (χ3v) is 4.42. The number of benzene rings is 1. The zero-order valence-electron chi connectivity index (χ0n) is 12.7. The van der Waals surface area contributed by atoms with Crippen LogP contribution in [0.4, 0.5) is 5.82 Å². The highest BCUT2D eigenvalue weighted by atomic mass is 15.3. The van der Waals surface area contributed by atoms with E-state index in [0.29, 0.717) is 0 Å². The molecule has 3 N–H and O–H groups in total. The van der Waals surface area contributed by atoms with Crippen molar-refractivity contribution in [2.75, 3.05) is 19.0 Å². The molecule has 4 nitrogen and oxygen atoms in total. The van der Waals surface area contributed by atoms with E-state index in [4.69, 9.17) is 5.84 Å². The molecule has 0 bridgehead atoms.